The van der Waals surface area contributed by atoms with Gasteiger partial charge in [-0.1, -0.05) is 0 Å². The number of phenols is 1. The molecule has 0 radical (unpaired) electrons. The second-order valence-corrected chi connectivity index (χ2v) is 4.04. The maximum atomic E-state index is 12.1. The summed E-state index contributed by atoms with van der Waals surface area (Å²) in [6.45, 7) is 0.445. The van der Waals surface area contributed by atoms with Crippen molar-refractivity contribution in [2.45, 2.75) is 6.54 Å². The number of nitrogens with zero attached hydrogens (tertiary/aromatic N) is 2. The molecule has 1 heterocycles. The van der Waals surface area contributed by atoms with Gasteiger partial charge in [-0.05, 0) is 18.2 Å². The standard InChI is InChI=1S/C12H14N4O2/c1-16(7-8-5-14-15-6-8)12(18)9-2-3-10(13)11(17)4-9/h2-6,17H,7,13H2,1H3,(H,14,15). The van der Waals surface area contributed by atoms with Crippen LogP contribution in [0.4, 0.5) is 5.69 Å². The average Bonchev–Trinajstić information content (AvgIpc) is 2.84. The second-order valence-electron chi connectivity index (χ2n) is 4.04. The molecule has 1 amide bonds. The van der Waals surface area contributed by atoms with E-state index in [4.69, 9.17) is 5.73 Å². The summed E-state index contributed by atoms with van der Waals surface area (Å²) in [5.41, 5.74) is 7.04. The van der Waals surface area contributed by atoms with Crippen LogP contribution >= 0.6 is 0 Å². The van der Waals surface area contributed by atoms with Gasteiger partial charge in [-0.25, -0.2) is 0 Å². The van der Waals surface area contributed by atoms with Crippen LogP contribution in [0.1, 0.15) is 15.9 Å². The summed E-state index contributed by atoms with van der Waals surface area (Å²) < 4.78 is 0. The lowest BCUT2D eigenvalue weighted by molar-refractivity contribution is 0.0785. The fraction of sp³-hybridized carbons (Fsp3) is 0.167. The summed E-state index contributed by atoms with van der Waals surface area (Å²) in [5, 5.41) is 16.0. The molecule has 4 N–H and O–H groups in total. The summed E-state index contributed by atoms with van der Waals surface area (Å²) >= 11 is 0. The van der Waals surface area contributed by atoms with Gasteiger partial charge in [-0.2, -0.15) is 5.10 Å². The lowest BCUT2D eigenvalue weighted by Gasteiger charge is -2.16. The van der Waals surface area contributed by atoms with Crippen molar-refractivity contribution in [1.82, 2.24) is 15.1 Å². The van der Waals surface area contributed by atoms with Crippen molar-refractivity contribution >= 4 is 11.6 Å². The van der Waals surface area contributed by atoms with Gasteiger partial charge in [0.25, 0.3) is 5.91 Å². The first kappa shape index (κ1) is 12.0. The van der Waals surface area contributed by atoms with Crippen LogP contribution < -0.4 is 5.73 Å². The molecule has 6 nitrogen and oxygen atoms in total. The minimum atomic E-state index is -0.188. The smallest absolute Gasteiger partial charge is 0.254 e. The highest BCUT2D eigenvalue weighted by atomic mass is 16.3. The van der Waals surface area contributed by atoms with Gasteiger partial charge in [0.05, 0.1) is 11.9 Å². The summed E-state index contributed by atoms with van der Waals surface area (Å²) in [5.74, 6) is -0.274. The number of anilines is 1. The number of aromatic hydroxyl groups is 1. The third-order valence-corrected chi connectivity index (χ3v) is 2.60. The number of carbonyl (C=O) groups excluding carboxylic acids is 1. The molecule has 2 rings (SSSR count). The number of hydrogen-bond donors (Lipinski definition) is 3. The maximum absolute atomic E-state index is 12.1. The minimum Gasteiger partial charge on any atom is -0.506 e. The largest absolute Gasteiger partial charge is 0.506 e. The van der Waals surface area contributed by atoms with E-state index in [1.807, 2.05) is 0 Å². The summed E-state index contributed by atoms with van der Waals surface area (Å²) in [7, 11) is 1.68. The van der Waals surface area contributed by atoms with E-state index in [2.05, 4.69) is 10.2 Å². The van der Waals surface area contributed by atoms with Crippen molar-refractivity contribution in [3.8, 4) is 5.75 Å². The van der Waals surface area contributed by atoms with Crippen molar-refractivity contribution < 1.29 is 9.90 Å². The lowest BCUT2D eigenvalue weighted by Crippen LogP contribution is -2.25. The van der Waals surface area contributed by atoms with Gasteiger partial charge in [0.15, 0.2) is 0 Å². The molecule has 0 saturated heterocycles. The van der Waals surface area contributed by atoms with Crippen LogP contribution in [0.2, 0.25) is 0 Å². The summed E-state index contributed by atoms with van der Waals surface area (Å²) in [6, 6.07) is 4.46. The number of aromatic amines is 1. The predicted molar refractivity (Wildman–Crippen MR) is 66.9 cm³/mol. The third kappa shape index (κ3) is 2.42. The molecular weight excluding hydrogens is 232 g/mol. The molecule has 0 unspecified atom stereocenters. The topological polar surface area (TPSA) is 95.2 Å². The van der Waals surface area contributed by atoms with Gasteiger partial charge in [-0.3, -0.25) is 9.89 Å². The molecule has 0 atom stereocenters. The Kier molecular flexibility index (Phi) is 3.18. The van der Waals surface area contributed by atoms with E-state index in [9.17, 15) is 9.90 Å². The van der Waals surface area contributed by atoms with Gasteiger partial charge in [0, 0.05) is 30.9 Å². The Hall–Kier alpha value is -2.50. The van der Waals surface area contributed by atoms with Crippen LogP contribution in [0.5, 0.6) is 5.75 Å². The summed E-state index contributed by atoms with van der Waals surface area (Å²) in [4.78, 5) is 13.6. The highest BCUT2D eigenvalue weighted by Gasteiger charge is 2.13. The van der Waals surface area contributed by atoms with E-state index in [0.717, 1.165) is 5.56 Å². The number of hydrogen-bond acceptors (Lipinski definition) is 4. The number of phenolic OH excluding ortho intramolecular Hbond substituents is 1. The Morgan fingerprint density at radius 3 is 2.94 bits per heavy atom. The van der Waals surface area contributed by atoms with E-state index in [-0.39, 0.29) is 17.3 Å². The molecule has 94 valence electrons. The average molecular weight is 246 g/mol. The quantitative estimate of drug-likeness (QED) is 0.555. The Morgan fingerprint density at radius 1 is 1.56 bits per heavy atom. The monoisotopic (exact) mass is 246 g/mol. The fourth-order valence-corrected chi connectivity index (χ4v) is 1.61. The number of aromatic nitrogens is 2. The molecule has 0 aliphatic carbocycles. The number of carbonyl (C=O) groups is 1. The van der Waals surface area contributed by atoms with Crippen LogP contribution in [0.3, 0.4) is 0 Å². The Labute approximate surface area is 104 Å². The van der Waals surface area contributed by atoms with Crippen molar-refractivity contribution in [3.63, 3.8) is 0 Å². The van der Waals surface area contributed by atoms with E-state index in [0.29, 0.717) is 12.1 Å². The second kappa shape index (κ2) is 4.79. The van der Waals surface area contributed by atoms with E-state index >= 15 is 0 Å². The molecular formula is C12H14N4O2. The first-order valence-corrected chi connectivity index (χ1v) is 5.39. The van der Waals surface area contributed by atoms with Crippen molar-refractivity contribution in [1.29, 1.82) is 0 Å². The number of rotatable bonds is 3. The molecule has 2 aromatic rings. The van der Waals surface area contributed by atoms with Crippen LogP contribution in [-0.4, -0.2) is 33.2 Å². The molecule has 18 heavy (non-hydrogen) atoms. The van der Waals surface area contributed by atoms with Crippen molar-refractivity contribution in [2.24, 2.45) is 0 Å². The number of H-pyrrole nitrogens is 1. The number of nitrogens with two attached hydrogens (primary N) is 1. The molecule has 0 bridgehead atoms. The summed E-state index contributed by atoms with van der Waals surface area (Å²) in [6.07, 6.45) is 3.38. The zero-order chi connectivity index (χ0) is 13.1. The maximum Gasteiger partial charge on any atom is 0.254 e. The fourth-order valence-electron chi connectivity index (χ4n) is 1.61. The number of nitrogen functional groups attached to an aromatic ring is 1. The van der Waals surface area contributed by atoms with Crippen LogP contribution in [-0.2, 0) is 6.54 Å². The van der Waals surface area contributed by atoms with Gasteiger partial charge in [0.1, 0.15) is 5.75 Å². The highest BCUT2D eigenvalue weighted by Crippen LogP contribution is 2.21. The van der Waals surface area contributed by atoms with E-state index in [1.165, 1.54) is 17.0 Å². The highest BCUT2D eigenvalue weighted by molar-refractivity contribution is 5.95. The molecule has 0 spiro atoms. The molecule has 0 fully saturated rings. The predicted octanol–water partition coefficient (Wildman–Crippen LogP) is 0.970. The number of nitrogens with one attached hydrogen (secondary N) is 1. The molecule has 6 heteroatoms. The van der Waals surface area contributed by atoms with Gasteiger partial charge >= 0.3 is 0 Å². The Balaban J connectivity index is 2.12. The molecule has 0 saturated carbocycles. The van der Waals surface area contributed by atoms with E-state index in [1.54, 1.807) is 25.5 Å². The SMILES string of the molecule is CN(Cc1cn[nH]c1)C(=O)c1ccc(N)c(O)c1. The normalized spacial score (nSPS) is 10.3. The third-order valence-electron chi connectivity index (χ3n) is 2.60. The molecule has 1 aromatic carbocycles. The molecule has 1 aromatic heterocycles. The number of benzene rings is 1. The Bertz CT molecular complexity index is 551. The first-order valence-electron chi connectivity index (χ1n) is 5.39. The van der Waals surface area contributed by atoms with Crippen molar-refractivity contribution in [2.75, 3.05) is 12.8 Å². The minimum absolute atomic E-state index is 0.0856. The van der Waals surface area contributed by atoms with Gasteiger partial charge in [0.2, 0.25) is 0 Å². The van der Waals surface area contributed by atoms with Crippen LogP contribution in [0, 0.1) is 0 Å². The number of amides is 1. The van der Waals surface area contributed by atoms with Crippen LogP contribution in [0.15, 0.2) is 30.6 Å². The molecule has 0 aliphatic rings. The lowest BCUT2D eigenvalue weighted by atomic mass is 10.1. The van der Waals surface area contributed by atoms with Crippen LogP contribution in [0.25, 0.3) is 0 Å². The van der Waals surface area contributed by atoms with Gasteiger partial charge < -0.3 is 15.7 Å². The van der Waals surface area contributed by atoms with E-state index < -0.39 is 0 Å². The van der Waals surface area contributed by atoms with Gasteiger partial charge in [-0.15, -0.1) is 0 Å². The van der Waals surface area contributed by atoms with Crippen molar-refractivity contribution in [3.05, 3.63) is 41.7 Å². The Morgan fingerprint density at radius 2 is 2.33 bits per heavy atom. The zero-order valence-corrected chi connectivity index (χ0v) is 9.92. The first-order chi connectivity index (χ1) is 8.58. The molecule has 0 aliphatic heterocycles. The zero-order valence-electron chi connectivity index (χ0n) is 9.92.